The van der Waals surface area contributed by atoms with Crippen molar-refractivity contribution in [2.75, 3.05) is 13.1 Å². The Kier molecular flexibility index (Phi) is 4.21. The van der Waals surface area contributed by atoms with Gasteiger partial charge in [-0.05, 0) is 47.6 Å². The molecule has 1 N–H and O–H groups in total. The van der Waals surface area contributed by atoms with Crippen molar-refractivity contribution in [3.8, 4) is 5.75 Å². The van der Waals surface area contributed by atoms with E-state index in [0.29, 0.717) is 11.7 Å². The fourth-order valence-electron chi connectivity index (χ4n) is 3.59. The summed E-state index contributed by atoms with van der Waals surface area (Å²) in [6.45, 7) is 7.90. The molecule has 2 aromatic carbocycles. The first kappa shape index (κ1) is 15.1. The summed E-state index contributed by atoms with van der Waals surface area (Å²) in [5.74, 6) is 0.935. The molecule has 0 spiro atoms. The Balaban J connectivity index is 1.72. The summed E-state index contributed by atoms with van der Waals surface area (Å²) < 4.78 is 0. The largest absolute Gasteiger partial charge is 0.508 e. The minimum Gasteiger partial charge on any atom is -0.508 e. The average Bonchev–Trinajstić information content (AvgIpc) is 2.52. The standard InChI is InChI=1S/C20H25NO/c1-16-14-21(15-17-7-4-3-5-8-17)12-11-20(16,2)18-9-6-10-19(22)13-18/h3-10,13,16,22H,11-12,14-15H2,1-2H3/t16-,20+/m1/s1. The number of aromatic hydroxyl groups is 1. The van der Waals surface area contributed by atoms with Gasteiger partial charge in [-0.15, -0.1) is 0 Å². The summed E-state index contributed by atoms with van der Waals surface area (Å²) >= 11 is 0. The quantitative estimate of drug-likeness (QED) is 0.917. The van der Waals surface area contributed by atoms with Gasteiger partial charge in [0, 0.05) is 13.1 Å². The second-order valence-corrected chi connectivity index (χ2v) is 6.84. The molecular weight excluding hydrogens is 270 g/mol. The number of hydrogen-bond donors (Lipinski definition) is 1. The first-order valence-electron chi connectivity index (χ1n) is 8.14. The lowest BCUT2D eigenvalue weighted by Gasteiger charge is -2.45. The molecule has 1 fully saturated rings. The second-order valence-electron chi connectivity index (χ2n) is 6.84. The van der Waals surface area contributed by atoms with Crippen LogP contribution < -0.4 is 0 Å². The predicted molar refractivity (Wildman–Crippen MR) is 91.0 cm³/mol. The average molecular weight is 295 g/mol. The van der Waals surface area contributed by atoms with Gasteiger partial charge in [0.25, 0.3) is 0 Å². The molecule has 1 aliphatic heterocycles. The van der Waals surface area contributed by atoms with Crippen molar-refractivity contribution >= 4 is 0 Å². The van der Waals surface area contributed by atoms with E-state index in [9.17, 15) is 5.11 Å². The van der Waals surface area contributed by atoms with Crippen LogP contribution in [-0.2, 0) is 12.0 Å². The summed E-state index contributed by atoms with van der Waals surface area (Å²) in [6.07, 6.45) is 1.13. The molecule has 2 nitrogen and oxygen atoms in total. The van der Waals surface area contributed by atoms with E-state index in [2.05, 4.69) is 55.1 Å². The zero-order valence-electron chi connectivity index (χ0n) is 13.5. The van der Waals surface area contributed by atoms with Crippen molar-refractivity contribution in [3.63, 3.8) is 0 Å². The molecule has 1 heterocycles. The van der Waals surface area contributed by atoms with E-state index < -0.39 is 0 Å². The van der Waals surface area contributed by atoms with Crippen LogP contribution in [-0.4, -0.2) is 23.1 Å². The molecule has 0 amide bonds. The number of phenolic OH excluding ortho intramolecular Hbond substituents is 1. The van der Waals surface area contributed by atoms with E-state index in [-0.39, 0.29) is 5.41 Å². The maximum atomic E-state index is 9.78. The third kappa shape index (κ3) is 3.02. The Morgan fingerprint density at radius 2 is 1.91 bits per heavy atom. The van der Waals surface area contributed by atoms with Crippen LogP contribution in [0.15, 0.2) is 54.6 Å². The lowest BCUT2D eigenvalue weighted by atomic mass is 9.68. The Hall–Kier alpha value is -1.80. The highest BCUT2D eigenvalue weighted by atomic mass is 16.3. The van der Waals surface area contributed by atoms with E-state index in [1.807, 2.05) is 12.1 Å². The third-order valence-corrected chi connectivity index (χ3v) is 5.32. The van der Waals surface area contributed by atoms with E-state index in [1.54, 1.807) is 6.07 Å². The highest BCUT2D eigenvalue weighted by molar-refractivity contribution is 5.33. The first-order chi connectivity index (χ1) is 10.6. The van der Waals surface area contributed by atoms with Crippen LogP contribution in [0.5, 0.6) is 5.75 Å². The number of hydrogen-bond acceptors (Lipinski definition) is 2. The monoisotopic (exact) mass is 295 g/mol. The highest BCUT2D eigenvalue weighted by Crippen LogP contribution is 2.40. The first-order valence-corrected chi connectivity index (χ1v) is 8.14. The lowest BCUT2D eigenvalue weighted by molar-refractivity contribution is 0.105. The van der Waals surface area contributed by atoms with Crippen molar-refractivity contribution in [2.24, 2.45) is 5.92 Å². The number of likely N-dealkylation sites (tertiary alicyclic amines) is 1. The summed E-state index contributed by atoms with van der Waals surface area (Å²) in [5, 5.41) is 9.78. The molecule has 3 rings (SSSR count). The van der Waals surface area contributed by atoms with E-state index in [1.165, 1.54) is 11.1 Å². The van der Waals surface area contributed by atoms with Crippen LogP contribution in [0.2, 0.25) is 0 Å². The van der Waals surface area contributed by atoms with Gasteiger partial charge in [0.15, 0.2) is 0 Å². The molecule has 1 saturated heterocycles. The smallest absolute Gasteiger partial charge is 0.115 e. The highest BCUT2D eigenvalue weighted by Gasteiger charge is 2.37. The lowest BCUT2D eigenvalue weighted by Crippen LogP contribution is -2.46. The zero-order valence-corrected chi connectivity index (χ0v) is 13.5. The van der Waals surface area contributed by atoms with Gasteiger partial charge in [-0.3, -0.25) is 4.90 Å². The van der Waals surface area contributed by atoms with Gasteiger partial charge in [-0.25, -0.2) is 0 Å². The molecule has 0 saturated carbocycles. The SMILES string of the molecule is C[C@@H]1CN(Cc2ccccc2)CC[C@]1(C)c1cccc(O)c1. The second kappa shape index (κ2) is 6.13. The van der Waals surface area contributed by atoms with Gasteiger partial charge < -0.3 is 5.11 Å². The number of nitrogens with zero attached hydrogens (tertiary/aromatic N) is 1. The molecule has 22 heavy (non-hydrogen) atoms. The Morgan fingerprint density at radius 3 is 2.59 bits per heavy atom. The third-order valence-electron chi connectivity index (χ3n) is 5.32. The maximum absolute atomic E-state index is 9.78. The normalized spacial score (nSPS) is 26.0. The van der Waals surface area contributed by atoms with Crippen LogP contribution in [0.3, 0.4) is 0 Å². The predicted octanol–water partition coefficient (Wildman–Crippen LogP) is 4.19. The molecule has 0 aromatic heterocycles. The van der Waals surface area contributed by atoms with Crippen LogP contribution >= 0.6 is 0 Å². The summed E-state index contributed by atoms with van der Waals surface area (Å²) in [7, 11) is 0. The summed E-state index contributed by atoms with van der Waals surface area (Å²) in [5.41, 5.74) is 2.79. The van der Waals surface area contributed by atoms with Gasteiger partial charge in [-0.1, -0.05) is 56.3 Å². The molecule has 0 radical (unpaired) electrons. The van der Waals surface area contributed by atoms with Crippen LogP contribution in [0.1, 0.15) is 31.4 Å². The van der Waals surface area contributed by atoms with Crippen LogP contribution in [0.25, 0.3) is 0 Å². The number of phenols is 1. The number of benzene rings is 2. The minimum absolute atomic E-state index is 0.145. The zero-order chi connectivity index (χ0) is 15.6. The molecule has 2 aromatic rings. The van der Waals surface area contributed by atoms with E-state index in [4.69, 9.17) is 0 Å². The minimum atomic E-state index is 0.145. The maximum Gasteiger partial charge on any atom is 0.115 e. The van der Waals surface area contributed by atoms with Crippen molar-refractivity contribution in [3.05, 3.63) is 65.7 Å². The Labute approximate surface area is 133 Å². The molecule has 116 valence electrons. The molecule has 2 atom stereocenters. The van der Waals surface area contributed by atoms with Gasteiger partial charge in [0.2, 0.25) is 0 Å². The van der Waals surface area contributed by atoms with Crippen LogP contribution in [0.4, 0.5) is 0 Å². The number of rotatable bonds is 3. The molecule has 0 unspecified atom stereocenters. The fourth-order valence-corrected chi connectivity index (χ4v) is 3.59. The van der Waals surface area contributed by atoms with E-state index in [0.717, 1.165) is 26.1 Å². The van der Waals surface area contributed by atoms with Crippen LogP contribution in [0, 0.1) is 5.92 Å². The van der Waals surface area contributed by atoms with Crippen molar-refractivity contribution in [1.82, 2.24) is 4.90 Å². The number of piperidine rings is 1. The molecule has 0 aliphatic carbocycles. The Morgan fingerprint density at radius 1 is 1.14 bits per heavy atom. The molecular formula is C20H25NO. The topological polar surface area (TPSA) is 23.5 Å². The van der Waals surface area contributed by atoms with E-state index >= 15 is 0 Å². The van der Waals surface area contributed by atoms with Gasteiger partial charge >= 0.3 is 0 Å². The molecule has 1 aliphatic rings. The summed E-state index contributed by atoms with van der Waals surface area (Å²) in [4.78, 5) is 2.55. The molecule has 0 bridgehead atoms. The van der Waals surface area contributed by atoms with Crippen molar-refractivity contribution < 1.29 is 5.11 Å². The van der Waals surface area contributed by atoms with Crippen molar-refractivity contribution in [2.45, 2.75) is 32.2 Å². The fraction of sp³-hybridized carbons (Fsp3) is 0.400. The van der Waals surface area contributed by atoms with Crippen molar-refractivity contribution in [1.29, 1.82) is 0 Å². The van der Waals surface area contributed by atoms with Gasteiger partial charge in [0.1, 0.15) is 5.75 Å². The molecule has 2 heteroatoms. The van der Waals surface area contributed by atoms with Gasteiger partial charge in [-0.2, -0.15) is 0 Å². The Bertz CT molecular complexity index is 625. The summed E-state index contributed by atoms with van der Waals surface area (Å²) in [6, 6.07) is 18.5. The van der Waals surface area contributed by atoms with Gasteiger partial charge in [0.05, 0.1) is 0 Å².